The van der Waals surface area contributed by atoms with Gasteiger partial charge in [0, 0.05) is 25.2 Å². The van der Waals surface area contributed by atoms with Gasteiger partial charge in [-0.1, -0.05) is 51.0 Å². The Morgan fingerprint density at radius 3 is 2.42 bits per heavy atom. The van der Waals surface area contributed by atoms with Gasteiger partial charge in [0.25, 0.3) is 0 Å². The number of nitrogens with zero attached hydrogens (tertiary/aromatic N) is 1. The average molecular weight is 360 g/mol. The van der Waals surface area contributed by atoms with Crippen molar-refractivity contribution in [3.8, 4) is 0 Å². The van der Waals surface area contributed by atoms with Crippen LogP contribution in [0.1, 0.15) is 77.0 Å². The Balaban J connectivity index is 1.22. The summed E-state index contributed by atoms with van der Waals surface area (Å²) in [5, 5.41) is 6.20. The second-order valence-electron chi connectivity index (χ2n) is 9.75. The monoisotopic (exact) mass is 359 g/mol. The smallest absolute Gasteiger partial charge is 0.0256 e. The first-order valence-electron chi connectivity index (χ1n) is 11.7. The summed E-state index contributed by atoms with van der Waals surface area (Å²) >= 11 is 0. The summed E-state index contributed by atoms with van der Waals surface area (Å²) in [6.07, 6.45) is 19.6. The lowest BCUT2D eigenvalue weighted by molar-refractivity contribution is 0.118. The topological polar surface area (TPSA) is 27.3 Å². The normalized spacial score (nSPS) is 40.5. The van der Waals surface area contributed by atoms with Gasteiger partial charge in [-0.25, -0.2) is 5.01 Å². The van der Waals surface area contributed by atoms with E-state index >= 15 is 0 Å². The van der Waals surface area contributed by atoms with Crippen LogP contribution in [0.25, 0.3) is 0 Å². The molecule has 0 aromatic carbocycles. The number of rotatable bonds is 5. The zero-order valence-corrected chi connectivity index (χ0v) is 16.8. The van der Waals surface area contributed by atoms with Gasteiger partial charge in [0.2, 0.25) is 0 Å². The minimum Gasteiger partial charge on any atom is -0.310 e. The van der Waals surface area contributed by atoms with Crippen LogP contribution in [0.2, 0.25) is 0 Å². The number of nitrogens with one attached hydrogen (secondary N) is 2. The summed E-state index contributed by atoms with van der Waals surface area (Å²) in [4.78, 5) is 0. The molecule has 5 atom stereocenters. The molecule has 2 saturated carbocycles. The molecule has 4 rings (SSSR count). The van der Waals surface area contributed by atoms with Crippen molar-refractivity contribution in [2.75, 3.05) is 19.6 Å². The predicted molar refractivity (Wildman–Crippen MR) is 110 cm³/mol. The number of hydrazine groups is 1. The van der Waals surface area contributed by atoms with E-state index < -0.39 is 0 Å². The fourth-order valence-electron chi connectivity index (χ4n) is 6.42. The molecule has 4 aliphatic rings. The van der Waals surface area contributed by atoms with E-state index in [4.69, 9.17) is 0 Å². The molecule has 2 aliphatic heterocycles. The third-order valence-electron chi connectivity index (χ3n) is 8.02. The molecule has 5 unspecified atom stereocenters. The summed E-state index contributed by atoms with van der Waals surface area (Å²) in [5.74, 6) is 3.85. The van der Waals surface area contributed by atoms with E-state index in [-0.39, 0.29) is 0 Å². The van der Waals surface area contributed by atoms with Crippen LogP contribution in [0, 0.1) is 23.7 Å². The first-order chi connectivity index (χ1) is 12.8. The van der Waals surface area contributed by atoms with Crippen molar-refractivity contribution in [1.29, 1.82) is 0 Å². The Labute approximate surface area is 161 Å². The van der Waals surface area contributed by atoms with Crippen LogP contribution in [-0.4, -0.2) is 36.7 Å². The molecule has 2 N–H and O–H groups in total. The van der Waals surface area contributed by atoms with Crippen LogP contribution in [0.3, 0.4) is 0 Å². The highest BCUT2D eigenvalue weighted by atomic mass is 15.5. The SMILES string of the molecule is C=CC1CCC(CN2CCC(C3CCCC(C4CCCCC4)C3)N2)CN1. The third kappa shape index (κ3) is 4.72. The second kappa shape index (κ2) is 9.21. The van der Waals surface area contributed by atoms with Gasteiger partial charge in [-0.15, -0.1) is 6.58 Å². The highest BCUT2D eigenvalue weighted by Crippen LogP contribution is 2.42. The summed E-state index contributed by atoms with van der Waals surface area (Å²) in [7, 11) is 0. The maximum absolute atomic E-state index is 3.94. The molecule has 0 bridgehead atoms. The molecule has 0 aromatic rings. The summed E-state index contributed by atoms with van der Waals surface area (Å²) in [6, 6.07) is 1.31. The van der Waals surface area contributed by atoms with Crippen LogP contribution >= 0.6 is 0 Å². The van der Waals surface area contributed by atoms with Crippen LogP contribution in [0.4, 0.5) is 0 Å². The van der Waals surface area contributed by atoms with Crippen LogP contribution < -0.4 is 10.7 Å². The Bertz CT molecular complexity index is 437. The van der Waals surface area contributed by atoms with Crippen molar-refractivity contribution in [3.05, 3.63) is 12.7 Å². The van der Waals surface area contributed by atoms with Gasteiger partial charge >= 0.3 is 0 Å². The molecule has 0 aromatic heterocycles. The molecule has 2 heterocycles. The van der Waals surface area contributed by atoms with Gasteiger partial charge in [0.1, 0.15) is 0 Å². The molecule has 0 amide bonds. The van der Waals surface area contributed by atoms with E-state index in [1.807, 2.05) is 0 Å². The number of hydrogen-bond acceptors (Lipinski definition) is 3. The van der Waals surface area contributed by atoms with Crippen molar-refractivity contribution in [1.82, 2.24) is 15.8 Å². The molecule has 4 fully saturated rings. The maximum atomic E-state index is 3.94. The Morgan fingerprint density at radius 1 is 0.846 bits per heavy atom. The molecular formula is C23H41N3. The highest BCUT2D eigenvalue weighted by Gasteiger charge is 2.36. The fourth-order valence-corrected chi connectivity index (χ4v) is 6.42. The molecular weight excluding hydrogens is 318 g/mol. The fraction of sp³-hybridized carbons (Fsp3) is 0.913. The lowest BCUT2D eigenvalue weighted by atomic mass is 9.69. The van der Waals surface area contributed by atoms with E-state index in [2.05, 4.69) is 28.4 Å². The summed E-state index contributed by atoms with van der Waals surface area (Å²) < 4.78 is 0. The Hall–Kier alpha value is -0.380. The maximum Gasteiger partial charge on any atom is 0.0256 e. The Kier molecular flexibility index (Phi) is 6.72. The molecule has 3 heteroatoms. The lowest BCUT2D eigenvalue weighted by Crippen LogP contribution is -2.46. The van der Waals surface area contributed by atoms with E-state index in [0.717, 1.165) is 36.3 Å². The number of hydrogen-bond donors (Lipinski definition) is 2. The second-order valence-corrected chi connectivity index (χ2v) is 9.75. The predicted octanol–water partition coefficient (Wildman–Crippen LogP) is 4.51. The third-order valence-corrected chi connectivity index (χ3v) is 8.02. The van der Waals surface area contributed by atoms with E-state index in [9.17, 15) is 0 Å². The standard InChI is InChI=1S/C23H41N3/c1-2-22-12-11-18(16-24-22)17-26-14-13-23(25-26)21-10-6-9-20(15-21)19-7-4-3-5-8-19/h2,18-25H,1,3-17H2. The largest absolute Gasteiger partial charge is 0.310 e. The van der Waals surface area contributed by atoms with Crippen molar-refractivity contribution in [2.45, 2.75) is 89.1 Å². The van der Waals surface area contributed by atoms with Gasteiger partial charge in [-0.3, -0.25) is 5.43 Å². The van der Waals surface area contributed by atoms with Crippen LogP contribution in [0.5, 0.6) is 0 Å². The van der Waals surface area contributed by atoms with Crippen molar-refractivity contribution >= 4 is 0 Å². The molecule has 0 spiro atoms. The minimum absolute atomic E-state index is 0.546. The van der Waals surface area contributed by atoms with Gasteiger partial charge in [-0.05, 0) is 62.3 Å². The summed E-state index contributed by atoms with van der Waals surface area (Å²) in [5.41, 5.74) is 3.94. The van der Waals surface area contributed by atoms with Gasteiger partial charge in [-0.2, -0.15) is 0 Å². The molecule has 3 nitrogen and oxygen atoms in total. The van der Waals surface area contributed by atoms with Crippen LogP contribution in [0.15, 0.2) is 12.7 Å². The van der Waals surface area contributed by atoms with E-state index in [1.165, 1.54) is 90.1 Å². The summed E-state index contributed by atoms with van der Waals surface area (Å²) in [6.45, 7) is 7.58. The Morgan fingerprint density at radius 2 is 1.65 bits per heavy atom. The molecule has 26 heavy (non-hydrogen) atoms. The van der Waals surface area contributed by atoms with Crippen molar-refractivity contribution in [2.24, 2.45) is 23.7 Å². The minimum atomic E-state index is 0.546. The average Bonchev–Trinajstić information content (AvgIpc) is 3.18. The van der Waals surface area contributed by atoms with Gasteiger partial charge in [0.15, 0.2) is 0 Å². The van der Waals surface area contributed by atoms with E-state index in [1.54, 1.807) is 0 Å². The lowest BCUT2D eigenvalue weighted by Gasteiger charge is -2.39. The van der Waals surface area contributed by atoms with Crippen molar-refractivity contribution < 1.29 is 0 Å². The first kappa shape index (κ1) is 19.0. The number of piperidine rings is 1. The zero-order valence-electron chi connectivity index (χ0n) is 16.8. The van der Waals surface area contributed by atoms with E-state index in [0.29, 0.717) is 6.04 Å². The highest BCUT2D eigenvalue weighted by molar-refractivity contribution is 4.92. The van der Waals surface area contributed by atoms with Gasteiger partial charge in [0.05, 0.1) is 0 Å². The first-order valence-corrected chi connectivity index (χ1v) is 11.7. The molecule has 0 radical (unpaired) electrons. The van der Waals surface area contributed by atoms with Gasteiger partial charge < -0.3 is 5.32 Å². The van der Waals surface area contributed by atoms with Crippen molar-refractivity contribution in [3.63, 3.8) is 0 Å². The zero-order chi connectivity index (χ0) is 17.8. The molecule has 2 saturated heterocycles. The quantitative estimate of drug-likeness (QED) is 0.708. The van der Waals surface area contributed by atoms with Crippen LogP contribution in [-0.2, 0) is 0 Å². The molecule has 148 valence electrons. The molecule has 2 aliphatic carbocycles.